The topological polar surface area (TPSA) is 130 Å². The maximum atomic E-state index is 12.7. The van der Waals surface area contributed by atoms with E-state index in [1.54, 1.807) is 6.07 Å². The number of aryl methyl sites for hydroxylation is 1. The number of benzene rings is 2. The number of sulfone groups is 1. The lowest BCUT2D eigenvalue weighted by molar-refractivity contribution is 0.446. The minimum atomic E-state index is -3.56. The van der Waals surface area contributed by atoms with Gasteiger partial charge >= 0.3 is 0 Å². The van der Waals surface area contributed by atoms with E-state index < -0.39 is 9.84 Å². The van der Waals surface area contributed by atoms with Gasteiger partial charge in [0.15, 0.2) is 9.84 Å². The van der Waals surface area contributed by atoms with E-state index in [0.29, 0.717) is 11.7 Å². The zero-order chi connectivity index (χ0) is 21.6. The monoisotopic (exact) mass is 441 g/mol. The van der Waals surface area contributed by atoms with Gasteiger partial charge in [-0.1, -0.05) is 5.10 Å². The molecule has 0 atom stereocenters. The smallest absolute Gasteiger partial charge is 0.267 e. The van der Waals surface area contributed by atoms with Crippen LogP contribution in [0.4, 0.5) is 11.6 Å². The molecule has 0 unspecified atom stereocenters. The molecule has 2 aliphatic rings. The molecule has 10 heteroatoms. The summed E-state index contributed by atoms with van der Waals surface area (Å²) in [6, 6.07) is 6.38. The summed E-state index contributed by atoms with van der Waals surface area (Å²) in [5, 5.41) is 27.3. The number of phenols is 1. The van der Waals surface area contributed by atoms with Crippen LogP contribution in [0.2, 0.25) is 0 Å². The van der Waals surface area contributed by atoms with Crippen molar-refractivity contribution in [2.45, 2.75) is 43.9 Å². The van der Waals surface area contributed by atoms with Crippen molar-refractivity contribution in [1.29, 1.82) is 0 Å². The summed E-state index contributed by atoms with van der Waals surface area (Å²) in [4.78, 5) is -0.0680. The van der Waals surface area contributed by atoms with Crippen molar-refractivity contribution < 1.29 is 18.3 Å². The Labute approximate surface area is 179 Å². The summed E-state index contributed by atoms with van der Waals surface area (Å²) in [5.41, 5.74) is 4.03. The number of hydrogen-bond donors (Lipinski definition) is 3. The predicted molar refractivity (Wildman–Crippen MR) is 114 cm³/mol. The van der Waals surface area contributed by atoms with E-state index in [1.165, 1.54) is 12.1 Å². The van der Waals surface area contributed by atoms with Gasteiger partial charge in [-0.25, -0.2) is 8.42 Å². The molecule has 0 spiro atoms. The number of nitrogens with zero attached hydrogens (tertiary/aromatic N) is 3. The van der Waals surface area contributed by atoms with Crippen LogP contribution in [0.5, 0.6) is 17.2 Å². The maximum absolute atomic E-state index is 12.7. The fourth-order valence-electron chi connectivity index (χ4n) is 4.10. The molecule has 2 aliphatic carbocycles. The first-order valence-corrected chi connectivity index (χ1v) is 12.0. The molecular weight excluding hydrogens is 418 g/mol. The van der Waals surface area contributed by atoms with Gasteiger partial charge < -0.3 is 15.2 Å². The van der Waals surface area contributed by atoms with Gasteiger partial charge in [-0.15, -0.1) is 5.10 Å². The van der Waals surface area contributed by atoms with Crippen LogP contribution in [0.15, 0.2) is 29.2 Å². The van der Waals surface area contributed by atoms with Crippen LogP contribution in [0, 0.1) is 12.8 Å². The second-order valence-electron chi connectivity index (χ2n) is 8.20. The van der Waals surface area contributed by atoms with Gasteiger partial charge in [-0.05, 0) is 79.5 Å². The lowest BCUT2D eigenvalue weighted by Gasteiger charge is -2.18. The first-order valence-electron chi connectivity index (χ1n) is 10.3. The van der Waals surface area contributed by atoms with E-state index in [2.05, 4.69) is 25.9 Å². The number of ether oxygens (including phenoxy) is 1. The summed E-state index contributed by atoms with van der Waals surface area (Å²) < 4.78 is 31.6. The number of H-pyrrole nitrogens is 1. The molecule has 1 fully saturated rings. The lowest BCUT2D eigenvalue weighted by atomic mass is 10.0. The van der Waals surface area contributed by atoms with E-state index in [9.17, 15) is 13.5 Å². The minimum absolute atomic E-state index is 0.0644. The predicted octanol–water partition coefficient (Wildman–Crippen LogP) is 3.42. The van der Waals surface area contributed by atoms with Crippen molar-refractivity contribution in [3.63, 3.8) is 0 Å². The van der Waals surface area contributed by atoms with Gasteiger partial charge in [-0.3, -0.25) is 0 Å². The van der Waals surface area contributed by atoms with Crippen LogP contribution >= 0.6 is 0 Å². The molecule has 31 heavy (non-hydrogen) atoms. The molecule has 3 aromatic rings. The number of phenolic OH excluding ortho intramolecular Hbond substituents is 1. The van der Waals surface area contributed by atoms with E-state index in [-0.39, 0.29) is 22.3 Å². The summed E-state index contributed by atoms with van der Waals surface area (Å²) >= 11 is 0. The molecule has 0 radical (unpaired) electrons. The maximum Gasteiger partial charge on any atom is 0.267 e. The van der Waals surface area contributed by atoms with E-state index >= 15 is 0 Å². The van der Waals surface area contributed by atoms with Crippen LogP contribution in [0.3, 0.4) is 0 Å². The Balaban J connectivity index is 1.48. The molecular formula is C21H23N5O4S. The van der Waals surface area contributed by atoms with Gasteiger partial charge in [0.25, 0.3) is 5.95 Å². The first kappa shape index (κ1) is 19.8. The summed E-state index contributed by atoms with van der Waals surface area (Å²) in [6.07, 6.45) is 4.59. The van der Waals surface area contributed by atoms with Gasteiger partial charge in [0.05, 0.1) is 5.75 Å². The number of tetrazole rings is 1. The molecule has 1 heterocycles. The van der Waals surface area contributed by atoms with Crippen molar-refractivity contribution in [2.24, 2.45) is 5.92 Å². The number of aromatic nitrogens is 4. The number of nitrogens with one attached hydrogen (secondary N) is 2. The molecule has 0 saturated heterocycles. The Hall–Kier alpha value is -3.14. The van der Waals surface area contributed by atoms with Crippen LogP contribution in [0.25, 0.3) is 0 Å². The van der Waals surface area contributed by atoms with Crippen molar-refractivity contribution in [3.8, 4) is 17.2 Å². The Morgan fingerprint density at radius 3 is 2.77 bits per heavy atom. The van der Waals surface area contributed by atoms with Gasteiger partial charge in [0.2, 0.25) is 0 Å². The van der Waals surface area contributed by atoms with E-state index in [4.69, 9.17) is 4.74 Å². The highest BCUT2D eigenvalue weighted by Crippen LogP contribution is 2.42. The molecule has 2 aromatic carbocycles. The molecule has 162 valence electrons. The largest absolute Gasteiger partial charge is 0.507 e. The third-order valence-corrected chi connectivity index (χ3v) is 7.67. The molecule has 3 N–H and O–H groups in total. The van der Waals surface area contributed by atoms with Gasteiger partial charge in [0, 0.05) is 17.3 Å². The van der Waals surface area contributed by atoms with Crippen LogP contribution in [0.1, 0.15) is 36.0 Å². The second kappa shape index (κ2) is 7.52. The highest BCUT2D eigenvalue weighted by atomic mass is 32.2. The highest BCUT2D eigenvalue weighted by molar-refractivity contribution is 7.91. The van der Waals surface area contributed by atoms with Crippen LogP contribution < -0.4 is 10.1 Å². The Bertz CT molecular complexity index is 1240. The molecule has 0 bridgehead atoms. The normalized spacial score (nSPS) is 15.6. The molecule has 0 amide bonds. The fourth-order valence-corrected chi connectivity index (χ4v) is 5.91. The Morgan fingerprint density at radius 1 is 1.23 bits per heavy atom. The van der Waals surface area contributed by atoms with E-state index in [0.717, 1.165) is 60.2 Å². The second-order valence-corrected chi connectivity index (χ2v) is 10.2. The average molecular weight is 442 g/mol. The van der Waals surface area contributed by atoms with Gasteiger partial charge in [-0.2, -0.15) is 5.21 Å². The molecule has 5 rings (SSSR count). The number of rotatable bonds is 7. The van der Waals surface area contributed by atoms with E-state index in [1.807, 2.05) is 13.0 Å². The van der Waals surface area contributed by atoms with Crippen molar-refractivity contribution in [3.05, 3.63) is 41.0 Å². The molecule has 1 saturated carbocycles. The first-order chi connectivity index (χ1) is 14.9. The summed E-state index contributed by atoms with van der Waals surface area (Å²) in [5.74, 6) is 1.53. The van der Waals surface area contributed by atoms with Crippen molar-refractivity contribution in [1.82, 2.24) is 20.6 Å². The zero-order valence-electron chi connectivity index (χ0n) is 17.1. The zero-order valence-corrected chi connectivity index (χ0v) is 17.9. The van der Waals surface area contributed by atoms with Gasteiger partial charge in [0.1, 0.15) is 22.1 Å². The SMILES string of the molecule is Cc1cc(Nc2nn[nH]n2)c2c(c1Oc1ccc(O)c(S(=O)(=O)CC3CC3)c1)CCC2. The average Bonchev–Trinajstić information content (AvgIpc) is 3.18. The van der Waals surface area contributed by atoms with Crippen LogP contribution in [-0.2, 0) is 22.7 Å². The Kier molecular flexibility index (Phi) is 4.81. The molecule has 1 aromatic heterocycles. The number of fused-ring (bicyclic) bond motifs is 1. The standard InChI is InChI=1S/C21H23N5O4S/c1-12-9-17(22-21-23-25-26-24-21)15-3-2-4-16(15)20(12)30-14-7-8-18(27)19(10-14)31(28,29)11-13-5-6-13/h7-10,13,27H,2-6,11H2,1H3,(H2,22,23,24,25,26). The molecule has 9 nitrogen and oxygen atoms in total. The number of aromatic amines is 1. The number of hydrogen-bond acceptors (Lipinski definition) is 8. The number of anilines is 2. The summed E-state index contributed by atoms with van der Waals surface area (Å²) in [7, 11) is -3.56. The Morgan fingerprint density at radius 2 is 2.03 bits per heavy atom. The van der Waals surface area contributed by atoms with Crippen molar-refractivity contribution in [2.75, 3.05) is 11.1 Å². The fraction of sp³-hybridized carbons (Fsp3) is 0.381. The van der Waals surface area contributed by atoms with Crippen LogP contribution in [-0.4, -0.2) is 39.9 Å². The highest BCUT2D eigenvalue weighted by Gasteiger charge is 2.31. The quantitative estimate of drug-likeness (QED) is 0.508. The number of aromatic hydroxyl groups is 1. The third kappa shape index (κ3) is 3.95. The lowest BCUT2D eigenvalue weighted by Crippen LogP contribution is -2.09. The van der Waals surface area contributed by atoms with Crippen molar-refractivity contribution >= 4 is 21.5 Å². The molecule has 0 aliphatic heterocycles. The third-order valence-electron chi connectivity index (χ3n) is 5.77. The summed E-state index contributed by atoms with van der Waals surface area (Å²) in [6.45, 7) is 1.94. The minimum Gasteiger partial charge on any atom is -0.507 e.